The average Bonchev–Trinajstić information content (AvgIpc) is 2.89. The zero-order valence-corrected chi connectivity index (χ0v) is 12.4. The highest BCUT2D eigenvalue weighted by molar-refractivity contribution is 7.05. The molecule has 102 valence electrons. The van der Waals surface area contributed by atoms with Crippen molar-refractivity contribution in [2.45, 2.75) is 39.2 Å². The number of hydrogen-bond acceptors (Lipinski definition) is 5. The molecule has 3 N–H and O–H groups in total. The number of hydrogen-bond donors (Lipinski definition) is 2. The first kappa shape index (κ1) is 14.1. The van der Waals surface area contributed by atoms with E-state index in [0.717, 1.165) is 22.6 Å². The highest BCUT2D eigenvalue weighted by atomic mass is 32.1. The third-order valence-corrected chi connectivity index (χ3v) is 4.01. The first-order valence-electron chi connectivity index (χ1n) is 6.54. The molecule has 0 aliphatic heterocycles. The zero-order chi connectivity index (χ0) is 13.8. The standard InChI is InChI=1S/C14H20N4S/c1-4-10-6-5-7-11(8-10)13(16-15)14-12(9(2)3)17-18-19-14/h5-9,13,16H,4,15H2,1-3H3. The quantitative estimate of drug-likeness (QED) is 0.651. The Balaban J connectivity index is 2.41. The average molecular weight is 276 g/mol. The molecule has 2 rings (SSSR count). The third kappa shape index (κ3) is 3.00. The van der Waals surface area contributed by atoms with Crippen molar-refractivity contribution in [1.82, 2.24) is 15.0 Å². The van der Waals surface area contributed by atoms with Crippen molar-refractivity contribution in [3.8, 4) is 0 Å². The molecule has 1 atom stereocenters. The summed E-state index contributed by atoms with van der Waals surface area (Å²) in [4.78, 5) is 1.10. The van der Waals surface area contributed by atoms with Crippen molar-refractivity contribution in [3.05, 3.63) is 46.0 Å². The predicted molar refractivity (Wildman–Crippen MR) is 79.0 cm³/mol. The topological polar surface area (TPSA) is 63.8 Å². The first-order valence-corrected chi connectivity index (χ1v) is 7.31. The van der Waals surface area contributed by atoms with Gasteiger partial charge in [0.2, 0.25) is 0 Å². The molecule has 0 saturated heterocycles. The van der Waals surface area contributed by atoms with Gasteiger partial charge in [-0.05, 0) is 35.0 Å². The summed E-state index contributed by atoms with van der Waals surface area (Å²) in [5.41, 5.74) is 6.39. The number of nitrogens with zero attached hydrogens (tertiary/aromatic N) is 2. The van der Waals surface area contributed by atoms with Crippen molar-refractivity contribution >= 4 is 11.5 Å². The number of nitrogens with one attached hydrogen (secondary N) is 1. The fraction of sp³-hybridized carbons (Fsp3) is 0.429. The van der Waals surface area contributed by atoms with Crippen LogP contribution in [0.2, 0.25) is 0 Å². The number of aryl methyl sites for hydroxylation is 1. The van der Waals surface area contributed by atoms with Crippen LogP contribution in [0.3, 0.4) is 0 Å². The minimum Gasteiger partial charge on any atom is -0.271 e. The molecule has 5 heteroatoms. The van der Waals surface area contributed by atoms with Crippen LogP contribution in [-0.2, 0) is 6.42 Å². The van der Waals surface area contributed by atoms with Gasteiger partial charge in [0, 0.05) is 0 Å². The van der Waals surface area contributed by atoms with Gasteiger partial charge in [-0.25, -0.2) is 5.43 Å². The monoisotopic (exact) mass is 276 g/mol. The maximum Gasteiger partial charge on any atom is 0.0837 e. The second-order valence-corrected chi connectivity index (χ2v) is 5.66. The summed E-state index contributed by atoms with van der Waals surface area (Å²) < 4.78 is 4.08. The summed E-state index contributed by atoms with van der Waals surface area (Å²) in [6.45, 7) is 6.39. The van der Waals surface area contributed by atoms with E-state index in [0.29, 0.717) is 5.92 Å². The van der Waals surface area contributed by atoms with E-state index in [1.54, 1.807) is 0 Å². The Labute approximate surface area is 118 Å². The summed E-state index contributed by atoms with van der Waals surface area (Å²) in [6.07, 6.45) is 1.02. The van der Waals surface area contributed by atoms with Crippen LogP contribution in [0.1, 0.15) is 54.4 Å². The van der Waals surface area contributed by atoms with Crippen molar-refractivity contribution in [2.75, 3.05) is 0 Å². The number of rotatable bonds is 5. The van der Waals surface area contributed by atoms with Crippen LogP contribution in [0.5, 0.6) is 0 Å². The van der Waals surface area contributed by atoms with Crippen molar-refractivity contribution in [3.63, 3.8) is 0 Å². The molecular weight excluding hydrogens is 256 g/mol. The van der Waals surface area contributed by atoms with Crippen LogP contribution >= 0.6 is 11.5 Å². The van der Waals surface area contributed by atoms with Crippen LogP contribution in [0.4, 0.5) is 0 Å². The number of hydrazine groups is 1. The molecule has 4 nitrogen and oxygen atoms in total. The lowest BCUT2D eigenvalue weighted by molar-refractivity contribution is 0.631. The van der Waals surface area contributed by atoms with Crippen molar-refractivity contribution in [2.24, 2.45) is 5.84 Å². The molecule has 0 bridgehead atoms. The third-order valence-electron chi connectivity index (χ3n) is 3.21. The van der Waals surface area contributed by atoms with E-state index in [1.165, 1.54) is 17.1 Å². The lowest BCUT2D eigenvalue weighted by atomic mass is 9.98. The Bertz CT molecular complexity index is 536. The molecule has 0 radical (unpaired) electrons. The fourth-order valence-electron chi connectivity index (χ4n) is 2.12. The van der Waals surface area contributed by atoms with Crippen molar-refractivity contribution in [1.29, 1.82) is 0 Å². The Morgan fingerprint density at radius 2 is 2.16 bits per heavy atom. The predicted octanol–water partition coefficient (Wildman–Crippen LogP) is 2.78. The normalized spacial score (nSPS) is 12.9. The highest BCUT2D eigenvalue weighted by Crippen LogP contribution is 2.30. The summed E-state index contributed by atoms with van der Waals surface area (Å²) in [6, 6.07) is 8.44. The molecule has 1 aromatic heterocycles. The Hall–Kier alpha value is -1.30. The molecule has 2 aromatic rings. The summed E-state index contributed by atoms with van der Waals surface area (Å²) in [5, 5.41) is 4.23. The van der Waals surface area contributed by atoms with Gasteiger partial charge in [-0.3, -0.25) is 5.84 Å². The van der Waals surface area contributed by atoms with E-state index < -0.39 is 0 Å². The number of benzene rings is 1. The van der Waals surface area contributed by atoms with Crippen LogP contribution in [0.15, 0.2) is 24.3 Å². The second-order valence-electron chi connectivity index (χ2n) is 4.88. The molecule has 19 heavy (non-hydrogen) atoms. The van der Waals surface area contributed by atoms with Gasteiger partial charge in [-0.1, -0.05) is 49.5 Å². The van der Waals surface area contributed by atoms with Crippen LogP contribution in [-0.4, -0.2) is 9.59 Å². The first-order chi connectivity index (χ1) is 9.17. The molecule has 1 unspecified atom stereocenters. The van der Waals surface area contributed by atoms with Gasteiger partial charge in [0.25, 0.3) is 0 Å². The Kier molecular flexibility index (Phi) is 4.63. The molecule has 0 aliphatic carbocycles. The van der Waals surface area contributed by atoms with Crippen LogP contribution in [0, 0.1) is 0 Å². The van der Waals surface area contributed by atoms with E-state index in [2.05, 4.69) is 60.0 Å². The molecule has 0 spiro atoms. The molecule has 0 saturated carbocycles. The fourth-order valence-corrected chi connectivity index (χ4v) is 3.02. The Morgan fingerprint density at radius 3 is 2.79 bits per heavy atom. The van der Waals surface area contributed by atoms with Gasteiger partial charge < -0.3 is 0 Å². The maximum atomic E-state index is 5.76. The molecular formula is C14H20N4S. The lowest BCUT2D eigenvalue weighted by Gasteiger charge is -2.17. The zero-order valence-electron chi connectivity index (χ0n) is 11.6. The minimum absolute atomic E-state index is 0.0381. The molecule has 0 aliphatic rings. The Morgan fingerprint density at radius 1 is 1.37 bits per heavy atom. The summed E-state index contributed by atoms with van der Waals surface area (Å²) in [7, 11) is 0. The van der Waals surface area contributed by atoms with Crippen LogP contribution in [0.25, 0.3) is 0 Å². The van der Waals surface area contributed by atoms with Gasteiger partial charge in [-0.15, -0.1) is 5.10 Å². The SMILES string of the molecule is CCc1cccc(C(NN)c2snnc2C(C)C)c1. The van der Waals surface area contributed by atoms with E-state index >= 15 is 0 Å². The molecule has 0 amide bonds. The van der Waals surface area contributed by atoms with Gasteiger partial charge in [0.05, 0.1) is 16.6 Å². The largest absolute Gasteiger partial charge is 0.271 e. The molecule has 1 heterocycles. The molecule has 0 fully saturated rings. The van der Waals surface area contributed by atoms with E-state index in [9.17, 15) is 0 Å². The second kappa shape index (κ2) is 6.23. The van der Waals surface area contributed by atoms with Gasteiger partial charge in [0.1, 0.15) is 0 Å². The summed E-state index contributed by atoms with van der Waals surface area (Å²) in [5.74, 6) is 6.10. The van der Waals surface area contributed by atoms with Gasteiger partial charge >= 0.3 is 0 Å². The van der Waals surface area contributed by atoms with E-state index in [4.69, 9.17) is 5.84 Å². The van der Waals surface area contributed by atoms with Crippen molar-refractivity contribution < 1.29 is 0 Å². The van der Waals surface area contributed by atoms with Gasteiger partial charge in [0.15, 0.2) is 0 Å². The van der Waals surface area contributed by atoms with Crippen LogP contribution < -0.4 is 11.3 Å². The summed E-state index contributed by atoms with van der Waals surface area (Å²) >= 11 is 1.42. The number of nitrogens with two attached hydrogens (primary N) is 1. The van der Waals surface area contributed by atoms with E-state index in [1.807, 2.05) is 0 Å². The molecule has 1 aromatic carbocycles. The minimum atomic E-state index is -0.0381. The smallest absolute Gasteiger partial charge is 0.0837 e. The maximum absolute atomic E-state index is 5.76. The van der Waals surface area contributed by atoms with E-state index in [-0.39, 0.29) is 6.04 Å². The highest BCUT2D eigenvalue weighted by Gasteiger charge is 2.21. The lowest BCUT2D eigenvalue weighted by Crippen LogP contribution is -2.29. The van der Waals surface area contributed by atoms with Gasteiger partial charge in [-0.2, -0.15) is 0 Å². The number of aromatic nitrogens is 2.